The Morgan fingerprint density at radius 3 is 2.90 bits per heavy atom. The maximum Gasteiger partial charge on any atom is 0.251 e. The zero-order valence-electron chi connectivity index (χ0n) is 11.2. The summed E-state index contributed by atoms with van der Waals surface area (Å²) >= 11 is 5.90. The molecule has 2 rings (SSSR count). The third-order valence-corrected chi connectivity index (χ3v) is 2.96. The molecule has 0 fully saturated rings. The van der Waals surface area contributed by atoms with Crippen LogP contribution in [0.2, 0.25) is 5.02 Å². The molecule has 0 atom stereocenters. The molecule has 0 aliphatic heterocycles. The van der Waals surface area contributed by atoms with Gasteiger partial charge in [0.15, 0.2) is 0 Å². The summed E-state index contributed by atoms with van der Waals surface area (Å²) in [7, 11) is 0. The molecule has 0 saturated heterocycles. The molecule has 1 amide bonds. The number of pyridine rings is 1. The van der Waals surface area contributed by atoms with Gasteiger partial charge < -0.3 is 10.6 Å². The lowest BCUT2D eigenvalue weighted by Crippen LogP contribution is -2.23. The first-order chi connectivity index (χ1) is 9.69. The van der Waals surface area contributed by atoms with E-state index >= 15 is 0 Å². The first kappa shape index (κ1) is 14.3. The van der Waals surface area contributed by atoms with Crippen LogP contribution in [0.3, 0.4) is 0 Å². The molecule has 0 bridgehead atoms. The fourth-order valence-electron chi connectivity index (χ4n) is 1.78. The van der Waals surface area contributed by atoms with E-state index in [4.69, 9.17) is 11.6 Å². The molecular weight excluding hydrogens is 274 g/mol. The van der Waals surface area contributed by atoms with Gasteiger partial charge in [-0.3, -0.25) is 4.79 Å². The quantitative estimate of drug-likeness (QED) is 0.889. The van der Waals surface area contributed by atoms with Crippen LogP contribution in [0.15, 0.2) is 42.6 Å². The number of nitrogens with zero attached hydrogens (tertiary/aromatic N) is 1. The predicted octanol–water partition coefficient (Wildman–Crippen LogP) is 3.10. The number of carbonyl (C=O) groups excluding carboxylic acids is 1. The molecule has 0 aliphatic carbocycles. The van der Waals surface area contributed by atoms with Gasteiger partial charge in [-0.05, 0) is 36.8 Å². The van der Waals surface area contributed by atoms with Crippen molar-refractivity contribution in [3.63, 3.8) is 0 Å². The van der Waals surface area contributed by atoms with E-state index in [2.05, 4.69) is 15.6 Å². The Kier molecular flexibility index (Phi) is 4.96. The van der Waals surface area contributed by atoms with Gasteiger partial charge in [0.1, 0.15) is 5.82 Å². The summed E-state index contributed by atoms with van der Waals surface area (Å²) in [5.41, 5.74) is 1.55. The Bertz CT molecular complexity index is 601. The minimum absolute atomic E-state index is 0.133. The number of aromatic nitrogens is 1. The first-order valence-corrected chi connectivity index (χ1v) is 6.79. The van der Waals surface area contributed by atoms with E-state index in [1.54, 1.807) is 24.4 Å². The number of carbonyl (C=O) groups is 1. The number of halogens is 1. The predicted molar refractivity (Wildman–Crippen MR) is 81.0 cm³/mol. The van der Waals surface area contributed by atoms with Crippen LogP contribution < -0.4 is 10.6 Å². The lowest BCUT2D eigenvalue weighted by Gasteiger charge is -2.07. The minimum atomic E-state index is -0.133. The average Bonchev–Trinajstić information content (AvgIpc) is 2.45. The van der Waals surface area contributed by atoms with Gasteiger partial charge in [0.2, 0.25) is 0 Å². The van der Waals surface area contributed by atoms with Crippen LogP contribution in [0.25, 0.3) is 0 Å². The summed E-state index contributed by atoms with van der Waals surface area (Å²) < 4.78 is 0. The van der Waals surface area contributed by atoms with E-state index in [-0.39, 0.29) is 5.91 Å². The number of nitrogens with one attached hydrogen (secondary N) is 2. The monoisotopic (exact) mass is 289 g/mol. The SMILES string of the molecule is CCNc1cc(C(=O)NCc2cccc(Cl)c2)ccn1. The Hall–Kier alpha value is -2.07. The molecule has 20 heavy (non-hydrogen) atoms. The van der Waals surface area contributed by atoms with Crippen molar-refractivity contribution in [2.45, 2.75) is 13.5 Å². The summed E-state index contributed by atoms with van der Waals surface area (Å²) in [6.07, 6.45) is 1.62. The second-order valence-electron chi connectivity index (χ2n) is 4.27. The highest BCUT2D eigenvalue weighted by Gasteiger charge is 2.06. The van der Waals surface area contributed by atoms with E-state index in [0.717, 1.165) is 12.1 Å². The zero-order chi connectivity index (χ0) is 14.4. The summed E-state index contributed by atoms with van der Waals surface area (Å²) in [4.78, 5) is 16.2. The van der Waals surface area contributed by atoms with Crippen LogP contribution in [-0.4, -0.2) is 17.4 Å². The number of amides is 1. The lowest BCUT2D eigenvalue weighted by atomic mass is 10.2. The summed E-state index contributed by atoms with van der Waals surface area (Å²) in [6, 6.07) is 10.8. The third-order valence-electron chi connectivity index (χ3n) is 2.72. The Labute approximate surface area is 123 Å². The van der Waals surface area contributed by atoms with Gasteiger partial charge in [0.25, 0.3) is 5.91 Å². The smallest absolute Gasteiger partial charge is 0.251 e. The van der Waals surface area contributed by atoms with E-state index in [1.807, 2.05) is 25.1 Å². The van der Waals surface area contributed by atoms with Crippen LogP contribution in [0.5, 0.6) is 0 Å². The molecule has 1 aromatic heterocycles. The largest absolute Gasteiger partial charge is 0.370 e. The normalized spacial score (nSPS) is 10.1. The van der Waals surface area contributed by atoms with E-state index < -0.39 is 0 Å². The second-order valence-corrected chi connectivity index (χ2v) is 4.71. The maximum atomic E-state index is 12.1. The molecule has 2 aromatic rings. The fourth-order valence-corrected chi connectivity index (χ4v) is 1.99. The fraction of sp³-hybridized carbons (Fsp3) is 0.200. The van der Waals surface area contributed by atoms with E-state index in [9.17, 15) is 4.79 Å². The number of hydrogen-bond acceptors (Lipinski definition) is 3. The molecule has 5 heteroatoms. The molecule has 1 aromatic carbocycles. The van der Waals surface area contributed by atoms with Gasteiger partial charge in [-0.2, -0.15) is 0 Å². The highest BCUT2D eigenvalue weighted by atomic mass is 35.5. The highest BCUT2D eigenvalue weighted by molar-refractivity contribution is 6.30. The number of benzene rings is 1. The Morgan fingerprint density at radius 2 is 2.15 bits per heavy atom. The van der Waals surface area contributed by atoms with Crippen LogP contribution in [0.4, 0.5) is 5.82 Å². The molecule has 0 saturated carbocycles. The Balaban J connectivity index is 1.99. The van der Waals surface area contributed by atoms with Crippen LogP contribution in [0, 0.1) is 0 Å². The summed E-state index contributed by atoms with van der Waals surface area (Å²) in [6.45, 7) is 3.19. The van der Waals surface area contributed by atoms with Crippen molar-refractivity contribution in [1.29, 1.82) is 0 Å². The van der Waals surface area contributed by atoms with Crippen LogP contribution in [-0.2, 0) is 6.54 Å². The number of anilines is 1. The van der Waals surface area contributed by atoms with E-state index in [1.165, 1.54) is 0 Å². The molecular formula is C15H16ClN3O. The van der Waals surface area contributed by atoms with Crippen LogP contribution in [0.1, 0.15) is 22.8 Å². The second kappa shape index (κ2) is 6.91. The number of hydrogen-bond donors (Lipinski definition) is 2. The molecule has 0 radical (unpaired) electrons. The first-order valence-electron chi connectivity index (χ1n) is 6.41. The van der Waals surface area contributed by atoms with Gasteiger partial charge in [0.05, 0.1) is 0 Å². The zero-order valence-corrected chi connectivity index (χ0v) is 11.9. The molecule has 0 aliphatic rings. The van der Waals surface area contributed by atoms with Gasteiger partial charge in [-0.15, -0.1) is 0 Å². The molecule has 0 unspecified atom stereocenters. The molecule has 104 valence electrons. The van der Waals surface area contributed by atoms with Crippen molar-refractivity contribution in [1.82, 2.24) is 10.3 Å². The van der Waals surface area contributed by atoms with E-state index in [0.29, 0.717) is 22.9 Å². The van der Waals surface area contributed by atoms with Crippen molar-refractivity contribution in [2.75, 3.05) is 11.9 Å². The van der Waals surface area contributed by atoms with Crippen molar-refractivity contribution in [2.24, 2.45) is 0 Å². The molecule has 2 N–H and O–H groups in total. The summed E-state index contributed by atoms with van der Waals surface area (Å²) in [5, 5.41) is 6.60. The Morgan fingerprint density at radius 1 is 1.30 bits per heavy atom. The maximum absolute atomic E-state index is 12.1. The van der Waals surface area contributed by atoms with Crippen molar-refractivity contribution >= 4 is 23.3 Å². The molecule has 1 heterocycles. The molecule has 0 spiro atoms. The minimum Gasteiger partial charge on any atom is -0.370 e. The van der Waals surface area contributed by atoms with Crippen molar-refractivity contribution in [3.8, 4) is 0 Å². The molecule has 4 nitrogen and oxygen atoms in total. The standard InChI is InChI=1S/C15H16ClN3O/c1-2-17-14-9-12(6-7-18-14)15(20)19-10-11-4-3-5-13(16)8-11/h3-9H,2,10H2,1H3,(H,17,18)(H,19,20). The van der Waals surface area contributed by atoms with Crippen molar-refractivity contribution in [3.05, 3.63) is 58.7 Å². The van der Waals surface area contributed by atoms with Crippen LogP contribution >= 0.6 is 11.6 Å². The van der Waals surface area contributed by atoms with Gasteiger partial charge in [-0.25, -0.2) is 4.98 Å². The van der Waals surface area contributed by atoms with Gasteiger partial charge >= 0.3 is 0 Å². The highest BCUT2D eigenvalue weighted by Crippen LogP contribution is 2.11. The van der Waals surface area contributed by atoms with Gasteiger partial charge in [0, 0.05) is 29.9 Å². The average molecular weight is 290 g/mol. The number of rotatable bonds is 5. The van der Waals surface area contributed by atoms with Gasteiger partial charge in [-0.1, -0.05) is 23.7 Å². The summed E-state index contributed by atoms with van der Waals surface area (Å²) in [5.74, 6) is 0.564. The lowest BCUT2D eigenvalue weighted by molar-refractivity contribution is 0.0951. The third kappa shape index (κ3) is 3.96. The van der Waals surface area contributed by atoms with Crippen molar-refractivity contribution < 1.29 is 4.79 Å². The topological polar surface area (TPSA) is 54.0 Å².